The summed E-state index contributed by atoms with van der Waals surface area (Å²) in [5.41, 5.74) is -0.231. The van der Waals surface area contributed by atoms with Gasteiger partial charge in [-0.2, -0.15) is 0 Å². The SMILES string of the molecule is O=C(CN1CCN(C(=O)CC23CC4CC(CC(O)(C4)C2)C3)CC1)Nc1ccc(OC(F)(F)F)cc1. The van der Waals surface area contributed by atoms with Gasteiger partial charge in [-0.25, -0.2) is 0 Å². The fraction of sp³-hybridized carbons (Fsp3) is 0.680. The van der Waals surface area contributed by atoms with Gasteiger partial charge in [-0.05, 0) is 80.0 Å². The first kappa shape index (κ1) is 24.4. The minimum absolute atomic E-state index is 0.0480. The third-order valence-corrected chi connectivity index (χ3v) is 8.14. The topological polar surface area (TPSA) is 82.1 Å². The van der Waals surface area contributed by atoms with Crippen molar-refractivity contribution in [2.45, 2.75) is 56.9 Å². The largest absolute Gasteiger partial charge is 0.573 e. The van der Waals surface area contributed by atoms with E-state index in [-0.39, 0.29) is 29.5 Å². The summed E-state index contributed by atoms with van der Waals surface area (Å²) in [4.78, 5) is 29.4. The lowest BCUT2D eigenvalue weighted by Crippen LogP contribution is -2.57. The van der Waals surface area contributed by atoms with Gasteiger partial charge in [0.25, 0.3) is 0 Å². The second-order valence-corrected chi connectivity index (χ2v) is 11.1. The number of hydrogen-bond acceptors (Lipinski definition) is 5. The van der Waals surface area contributed by atoms with Gasteiger partial charge in [0.15, 0.2) is 0 Å². The van der Waals surface area contributed by atoms with Gasteiger partial charge in [0.05, 0.1) is 12.1 Å². The molecule has 0 aromatic heterocycles. The van der Waals surface area contributed by atoms with Crippen molar-refractivity contribution in [2.24, 2.45) is 17.3 Å². The van der Waals surface area contributed by atoms with Crippen LogP contribution in [0.2, 0.25) is 0 Å². The summed E-state index contributed by atoms with van der Waals surface area (Å²) < 4.78 is 40.6. The number of amides is 2. The molecule has 1 saturated heterocycles. The summed E-state index contributed by atoms with van der Waals surface area (Å²) in [5.74, 6) is 0.645. The van der Waals surface area contributed by atoms with Crippen molar-refractivity contribution in [1.82, 2.24) is 9.80 Å². The predicted octanol–water partition coefficient (Wildman–Crippen LogP) is 3.39. The third kappa shape index (κ3) is 5.74. The number of carbonyl (C=O) groups excluding carboxylic acids is 2. The van der Waals surface area contributed by atoms with Gasteiger partial charge in [0, 0.05) is 38.3 Å². The second kappa shape index (κ2) is 8.96. The lowest BCUT2D eigenvalue weighted by atomic mass is 9.47. The van der Waals surface area contributed by atoms with Gasteiger partial charge in [0.2, 0.25) is 11.8 Å². The van der Waals surface area contributed by atoms with Crippen LogP contribution in [0.25, 0.3) is 0 Å². The van der Waals surface area contributed by atoms with Crippen molar-refractivity contribution in [2.75, 3.05) is 38.0 Å². The van der Waals surface area contributed by atoms with Crippen molar-refractivity contribution in [1.29, 1.82) is 0 Å². The zero-order valence-corrected chi connectivity index (χ0v) is 19.6. The monoisotopic (exact) mass is 495 g/mol. The van der Waals surface area contributed by atoms with Crippen molar-refractivity contribution in [3.8, 4) is 5.75 Å². The second-order valence-electron chi connectivity index (χ2n) is 11.1. The standard InChI is InChI=1S/C25H32F3N3O4/c26-25(27,28)35-20-3-1-19(2-4-20)29-21(32)15-30-5-7-31(8-6-30)22(33)14-23-10-17-9-18(11-23)13-24(34,12-17)16-23/h1-4,17-18,34H,5-16H2,(H,29,32). The fourth-order valence-electron chi connectivity index (χ4n) is 7.34. The number of halogens is 3. The molecule has 0 radical (unpaired) electrons. The molecule has 35 heavy (non-hydrogen) atoms. The number of alkyl halides is 3. The molecule has 4 saturated carbocycles. The van der Waals surface area contributed by atoms with E-state index < -0.39 is 12.0 Å². The van der Waals surface area contributed by atoms with Gasteiger partial charge in [0.1, 0.15) is 5.75 Å². The lowest BCUT2D eigenvalue weighted by molar-refractivity contribution is -0.274. The molecule has 4 aliphatic carbocycles. The summed E-state index contributed by atoms with van der Waals surface area (Å²) in [6.45, 7) is 2.42. The number of piperazine rings is 1. The van der Waals surface area contributed by atoms with Crippen LogP contribution in [0.5, 0.6) is 5.75 Å². The van der Waals surface area contributed by atoms with Crippen LogP contribution in [-0.2, 0) is 9.59 Å². The number of benzene rings is 1. The Morgan fingerprint density at radius 2 is 1.66 bits per heavy atom. The van der Waals surface area contributed by atoms with Gasteiger partial charge in [-0.3, -0.25) is 14.5 Å². The average Bonchev–Trinajstić information content (AvgIpc) is 2.72. The number of nitrogens with zero attached hydrogens (tertiary/aromatic N) is 2. The van der Waals surface area contributed by atoms with Crippen LogP contribution in [0, 0.1) is 17.3 Å². The molecule has 1 aromatic rings. The molecular formula is C25H32F3N3O4. The number of carbonyl (C=O) groups is 2. The molecule has 192 valence electrons. The highest BCUT2D eigenvalue weighted by atomic mass is 19.4. The molecule has 4 bridgehead atoms. The first-order valence-corrected chi connectivity index (χ1v) is 12.4. The maximum atomic E-state index is 13.1. The number of hydrogen-bond donors (Lipinski definition) is 2. The van der Waals surface area contributed by atoms with Crippen LogP contribution in [0.15, 0.2) is 24.3 Å². The zero-order chi connectivity index (χ0) is 24.8. The van der Waals surface area contributed by atoms with Crippen molar-refractivity contribution < 1.29 is 32.6 Å². The molecule has 5 aliphatic rings. The van der Waals surface area contributed by atoms with Crippen LogP contribution in [0.1, 0.15) is 44.9 Å². The summed E-state index contributed by atoms with van der Waals surface area (Å²) in [6.07, 6.45) is 1.60. The lowest BCUT2D eigenvalue weighted by Gasteiger charge is -2.60. The zero-order valence-electron chi connectivity index (χ0n) is 19.6. The minimum Gasteiger partial charge on any atom is -0.406 e. The summed E-state index contributed by atoms with van der Waals surface area (Å²) in [5, 5.41) is 13.6. The van der Waals surface area contributed by atoms with Crippen molar-refractivity contribution in [3.05, 3.63) is 24.3 Å². The van der Waals surface area contributed by atoms with Crippen LogP contribution in [0.3, 0.4) is 0 Å². The smallest absolute Gasteiger partial charge is 0.406 e. The van der Waals surface area contributed by atoms with Crippen LogP contribution in [0.4, 0.5) is 18.9 Å². The fourth-order valence-corrected chi connectivity index (χ4v) is 7.34. The highest BCUT2D eigenvalue weighted by molar-refractivity contribution is 5.92. The van der Waals surface area contributed by atoms with Gasteiger partial charge in [-0.1, -0.05) is 0 Å². The first-order valence-electron chi connectivity index (χ1n) is 12.4. The molecule has 1 aliphatic heterocycles. The molecule has 6 rings (SSSR count). The van der Waals surface area contributed by atoms with Gasteiger partial charge >= 0.3 is 6.36 Å². The van der Waals surface area contributed by atoms with E-state index in [0.717, 1.165) is 44.2 Å². The highest BCUT2D eigenvalue weighted by Gasteiger charge is 2.57. The number of ether oxygens (including phenoxy) is 1. The Morgan fingerprint density at radius 3 is 2.23 bits per heavy atom. The molecule has 2 atom stereocenters. The van der Waals surface area contributed by atoms with Crippen molar-refractivity contribution >= 4 is 17.5 Å². The molecule has 1 aromatic carbocycles. The molecule has 2 amide bonds. The number of nitrogens with one attached hydrogen (secondary N) is 1. The van der Waals surface area contributed by atoms with Gasteiger partial charge < -0.3 is 20.1 Å². The normalized spacial score (nSPS) is 32.5. The Labute approximate surface area is 202 Å². The molecule has 2 N–H and O–H groups in total. The first-order chi connectivity index (χ1) is 16.5. The average molecular weight is 496 g/mol. The Balaban J connectivity index is 1.07. The maximum Gasteiger partial charge on any atom is 0.573 e. The van der Waals surface area contributed by atoms with E-state index in [2.05, 4.69) is 10.1 Å². The van der Waals surface area contributed by atoms with Crippen LogP contribution >= 0.6 is 0 Å². The molecule has 1 heterocycles. The van der Waals surface area contributed by atoms with E-state index in [9.17, 15) is 27.9 Å². The molecular weight excluding hydrogens is 463 g/mol. The maximum absolute atomic E-state index is 13.1. The Morgan fingerprint density at radius 1 is 1.03 bits per heavy atom. The number of anilines is 1. The van der Waals surface area contributed by atoms with E-state index in [1.807, 2.05) is 9.80 Å². The minimum atomic E-state index is -4.76. The van der Waals surface area contributed by atoms with E-state index in [1.165, 1.54) is 18.6 Å². The number of aliphatic hydroxyl groups is 1. The molecule has 0 spiro atoms. The Kier molecular flexibility index (Phi) is 6.24. The van der Waals surface area contributed by atoms with E-state index in [1.54, 1.807) is 0 Å². The summed E-state index contributed by atoms with van der Waals surface area (Å²) in [6, 6.07) is 5.01. The predicted molar refractivity (Wildman–Crippen MR) is 121 cm³/mol. The highest BCUT2D eigenvalue weighted by Crippen LogP contribution is 2.62. The van der Waals surface area contributed by atoms with E-state index >= 15 is 0 Å². The van der Waals surface area contributed by atoms with Gasteiger partial charge in [-0.15, -0.1) is 13.2 Å². The van der Waals surface area contributed by atoms with E-state index in [0.29, 0.717) is 50.1 Å². The Bertz CT molecular complexity index is 946. The molecule has 7 nitrogen and oxygen atoms in total. The van der Waals surface area contributed by atoms with E-state index in [4.69, 9.17) is 0 Å². The quantitative estimate of drug-likeness (QED) is 0.633. The number of rotatable bonds is 6. The third-order valence-electron chi connectivity index (χ3n) is 8.14. The van der Waals surface area contributed by atoms with Crippen LogP contribution < -0.4 is 10.1 Å². The molecule has 10 heteroatoms. The Hall–Kier alpha value is -2.33. The summed E-state index contributed by atoms with van der Waals surface area (Å²) >= 11 is 0. The molecule has 5 fully saturated rings. The summed E-state index contributed by atoms with van der Waals surface area (Å²) in [7, 11) is 0. The van der Waals surface area contributed by atoms with Crippen LogP contribution in [-0.4, -0.2) is 71.4 Å². The van der Waals surface area contributed by atoms with Crippen molar-refractivity contribution in [3.63, 3.8) is 0 Å². The molecule has 2 unspecified atom stereocenters.